The third kappa shape index (κ3) is 4.86. The minimum atomic E-state index is 0.411. The largest absolute Gasteiger partial charge is 0.397 e. The summed E-state index contributed by atoms with van der Waals surface area (Å²) in [7, 11) is 0. The molecule has 1 rings (SSSR count). The summed E-state index contributed by atoms with van der Waals surface area (Å²) < 4.78 is 0. The number of anilines is 2. The van der Waals surface area contributed by atoms with Crippen LogP contribution in [0.5, 0.6) is 0 Å². The second-order valence-electron chi connectivity index (χ2n) is 4.60. The van der Waals surface area contributed by atoms with Gasteiger partial charge < -0.3 is 11.1 Å². The Balaban J connectivity index is 2.42. The minimum absolute atomic E-state index is 0.411. The number of hydrogen-bond acceptors (Lipinski definition) is 2. The van der Waals surface area contributed by atoms with Crippen LogP contribution in [0.3, 0.4) is 0 Å². The van der Waals surface area contributed by atoms with Crippen molar-refractivity contribution >= 4 is 23.0 Å². The SMILES string of the molecule is CCCCCCC(C)Nc1c(N)cccc1Cl. The molecule has 0 amide bonds. The molecule has 1 aromatic carbocycles. The summed E-state index contributed by atoms with van der Waals surface area (Å²) in [6.07, 6.45) is 6.32. The van der Waals surface area contributed by atoms with E-state index in [0.717, 1.165) is 17.8 Å². The fraction of sp³-hybridized carbons (Fsp3) is 0.571. The third-order valence-corrected chi connectivity index (χ3v) is 3.24. The number of nitrogens with one attached hydrogen (secondary N) is 1. The molecule has 3 N–H and O–H groups in total. The van der Waals surface area contributed by atoms with Crippen molar-refractivity contribution in [3.05, 3.63) is 23.2 Å². The standard InChI is InChI=1S/C14H23ClN2/c1-3-4-5-6-8-11(2)17-14-12(15)9-7-10-13(14)16/h7,9-11,17H,3-6,8,16H2,1-2H3. The first kappa shape index (κ1) is 14.2. The van der Waals surface area contributed by atoms with E-state index in [9.17, 15) is 0 Å². The number of hydrogen-bond donors (Lipinski definition) is 2. The molecule has 1 atom stereocenters. The lowest BCUT2D eigenvalue weighted by Gasteiger charge is -2.17. The van der Waals surface area contributed by atoms with E-state index in [1.807, 2.05) is 18.2 Å². The van der Waals surface area contributed by atoms with Gasteiger partial charge in [0.25, 0.3) is 0 Å². The van der Waals surface area contributed by atoms with Crippen LogP contribution in [0.15, 0.2) is 18.2 Å². The Morgan fingerprint density at radius 3 is 2.71 bits per heavy atom. The Morgan fingerprint density at radius 1 is 1.29 bits per heavy atom. The van der Waals surface area contributed by atoms with Crippen LogP contribution in [0.2, 0.25) is 5.02 Å². The topological polar surface area (TPSA) is 38.0 Å². The molecule has 1 aromatic rings. The highest BCUT2D eigenvalue weighted by Gasteiger charge is 2.07. The van der Waals surface area contributed by atoms with E-state index in [0.29, 0.717) is 11.1 Å². The second kappa shape index (κ2) is 7.44. The molecule has 0 radical (unpaired) electrons. The van der Waals surface area contributed by atoms with Crippen molar-refractivity contribution in [3.8, 4) is 0 Å². The van der Waals surface area contributed by atoms with Gasteiger partial charge in [-0.25, -0.2) is 0 Å². The van der Waals surface area contributed by atoms with E-state index >= 15 is 0 Å². The van der Waals surface area contributed by atoms with Crippen LogP contribution < -0.4 is 11.1 Å². The molecule has 96 valence electrons. The molecule has 17 heavy (non-hydrogen) atoms. The summed E-state index contributed by atoms with van der Waals surface area (Å²) >= 11 is 6.11. The number of benzene rings is 1. The Kier molecular flexibility index (Phi) is 6.20. The number of nitrogen functional groups attached to an aromatic ring is 1. The molecule has 0 heterocycles. The molecule has 0 spiro atoms. The molecule has 0 aliphatic rings. The first-order valence-electron chi connectivity index (χ1n) is 6.45. The van der Waals surface area contributed by atoms with E-state index < -0.39 is 0 Å². The molecule has 0 aliphatic heterocycles. The Morgan fingerprint density at radius 2 is 2.06 bits per heavy atom. The fourth-order valence-electron chi connectivity index (χ4n) is 1.89. The zero-order chi connectivity index (χ0) is 12.7. The molecule has 1 unspecified atom stereocenters. The van der Waals surface area contributed by atoms with Crippen LogP contribution in [0.25, 0.3) is 0 Å². The quantitative estimate of drug-likeness (QED) is 0.547. The van der Waals surface area contributed by atoms with Crippen LogP contribution >= 0.6 is 11.6 Å². The van der Waals surface area contributed by atoms with E-state index in [1.165, 1.54) is 25.7 Å². The molecule has 0 fully saturated rings. The summed E-state index contributed by atoms with van der Waals surface area (Å²) in [5, 5.41) is 4.10. The third-order valence-electron chi connectivity index (χ3n) is 2.93. The highest BCUT2D eigenvalue weighted by atomic mass is 35.5. The molecule has 0 saturated carbocycles. The number of para-hydroxylation sites is 1. The highest BCUT2D eigenvalue weighted by Crippen LogP contribution is 2.28. The summed E-state index contributed by atoms with van der Waals surface area (Å²) in [4.78, 5) is 0. The maximum atomic E-state index is 6.11. The summed E-state index contributed by atoms with van der Waals surface area (Å²) in [6.45, 7) is 4.40. The predicted octanol–water partition coefficient (Wildman–Crippen LogP) is 4.69. The zero-order valence-electron chi connectivity index (χ0n) is 10.8. The summed E-state index contributed by atoms with van der Waals surface area (Å²) in [5.41, 5.74) is 7.49. The van der Waals surface area contributed by atoms with Gasteiger partial charge in [0.15, 0.2) is 0 Å². The monoisotopic (exact) mass is 254 g/mol. The van der Waals surface area contributed by atoms with Crippen LogP contribution in [-0.2, 0) is 0 Å². The highest BCUT2D eigenvalue weighted by molar-refractivity contribution is 6.33. The molecular formula is C14H23ClN2. The Bertz CT molecular complexity index is 319. The number of unbranched alkanes of at least 4 members (excludes halogenated alkanes) is 3. The van der Waals surface area contributed by atoms with Gasteiger partial charge in [-0.2, -0.15) is 0 Å². The van der Waals surface area contributed by atoms with Crippen molar-refractivity contribution in [1.29, 1.82) is 0 Å². The van der Waals surface area contributed by atoms with Crippen LogP contribution in [0.1, 0.15) is 46.0 Å². The van der Waals surface area contributed by atoms with Gasteiger partial charge in [0.2, 0.25) is 0 Å². The van der Waals surface area contributed by atoms with Crippen molar-refractivity contribution in [2.24, 2.45) is 0 Å². The van der Waals surface area contributed by atoms with Gasteiger partial charge in [-0.15, -0.1) is 0 Å². The maximum Gasteiger partial charge on any atom is 0.0765 e. The van der Waals surface area contributed by atoms with E-state index in [2.05, 4.69) is 19.2 Å². The van der Waals surface area contributed by atoms with E-state index in [4.69, 9.17) is 17.3 Å². The predicted molar refractivity (Wildman–Crippen MR) is 77.7 cm³/mol. The smallest absolute Gasteiger partial charge is 0.0765 e. The van der Waals surface area contributed by atoms with Gasteiger partial charge in [0.1, 0.15) is 0 Å². The Labute approximate surface area is 110 Å². The van der Waals surface area contributed by atoms with Gasteiger partial charge in [0.05, 0.1) is 16.4 Å². The van der Waals surface area contributed by atoms with Crippen molar-refractivity contribution in [2.45, 2.75) is 52.0 Å². The van der Waals surface area contributed by atoms with Crippen molar-refractivity contribution in [3.63, 3.8) is 0 Å². The average Bonchev–Trinajstić information content (AvgIpc) is 2.30. The molecule has 2 nitrogen and oxygen atoms in total. The molecule has 0 bridgehead atoms. The molecular weight excluding hydrogens is 232 g/mol. The lowest BCUT2D eigenvalue weighted by Crippen LogP contribution is -2.16. The lowest BCUT2D eigenvalue weighted by molar-refractivity contribution is 0.594. The van der Waals surface area contributed by atoms with Gasteiger partial charge in [-0.3, -0.25) is 0 Å². The maximum absolute atomic E-state index is 6.11. The van der Waals surface area contributed by atoms with Crippen LogP contribution in [0.4, 0.5) is 11.4 Å². The van der Waals surface area contributed by atoms with Crippen molar-refractivity contribution in [1.82, 2.24) is 0 Å². The van der Waals surface area contributed by atoms with E-state index in [-0.39, 0.29) is 0 Å². The summed E-state index contributed by atoms with van der Waals surface area (Å²) in [6, 6.07) is 6.02. The zero-order valence-corrected chi connectivity index (χ0v) is 11.6. The number of nitrogens with two attached hydrogens (primary N) is 1. The first-order chi connectivity index (χ1) is 8.15. The fourth-order valence-corrected chi connectivity index (χ4v) is 2.13. The van der Waals surface area contributed by atoms with E-state index in [1.54, 1.807) is 0 Å². The molecule has 0 aliphatic carbocycles. The van der Waals surface area contributed by atoms with Gasteiger partial charge in [0, 0.05) is 6.04 Å². The molecule has 0 saturated heterocycles. The summed E-state index contributed by atoms with van der Waals surface area (Å²) in [5.74, 6) is 0. The van der Waals surface area contributed by atoms with Crippen molar-refractivity contribution < 1.29 is 0 Å². The average molecular weight is 255 g/mol. The van der Waals surface area contributed by atoms with Gasteiger partial charge in [-0.1, -0.05) is 50.3 Å². The lowest BCUT2D eigenvalue weighted by atomic mass is 10.1. The minimum Gasteiger partial charge on any atom is -0.397 e. The van der Waals surface area contributed by atoms with Gasteiger partial charge >= 0.3 is 0 Å². The van der Waals surface area contributed by atoms with Gasteiger partial charge in [-0.05, 0) is 25.5 Å². The molecule has 0 aromatic heterocycles. The molecule has 3 heteroatoms. The van der Waals surface area contributed by atoms with Crippen molar-refractivity contribution in [2.75, 3.05) is 11.1 Å². The first-order valence-corrected chi connectivity index (χ1v) is 6.83. The van der Waals surface area contributed by atoms with Crippen LogP contribution in [-0.4, -0.2) is 6.04 Å². The normalized spacial score (nSPS) is 12.4. The Hall–Kier alpha value is -0.890. The number of halogens is 1. The second-order valence-corrected chi connectivity index (χ2v) is 5.01. The number of rotatable bonds is 7. The van der Waals surface area contributed by atoms with Crippen LogP contribution in [0, 0.1) is 0 Å².